The van der Waals surface area contributed by atoms with Gasteiger partial charge in [0.05, 0.1) is 0 Å². The predicted octanol–water partition coefficient (Wildman–Crippen LogP) is 2.97. The van der Waals surface area contributed by atoms with Gasteiger partial charge in [0, 0.05) is 12.6 Å². The molecule has 0 aliphatic rings. The van der Waals surface area contributed by atoms with E-state index in [2.05, 4.69) is 5.32 Å². The summed E-state index contributed by atoms with van der Waals surface area (Å²) in [5.74, 6) is -2.18. The van der Waals surface area contributed by atoms with Gasteiger partial charge in [-0.2, -0.15) is 0 Å². The minimum atomic E-state index is -1.01. The quantitative estimate of drug-likeness (QED) is 0.919. The Hall–Kier alpha value is -2.43. The summed E-state index contributed by atoms with van der Waals surface area (Å²) in [6, 6.07) is 10.9. The molecular formula is C16H15F2NO2. The van der Waals surface area contributed by atoms with Crippen molar-refractivity contribution in [1.29, 1.82) is 0 Å². The molecule has 0 radical (unpaired) electrons. The van der Waals surface area contributed by atoms with Crippen LogP contribution in [0.1, 0.15) is 11.1 Å². The molecule has 0 aliphatic heterocycles. The number of hydrogen-bond donors (Lipinski definition) is 1. The van der Waals surface area contributed by atoms with Crippen molar-refractivity contribution >= 4 is 5.91 Å². The number of benzene rings is 2. The average Bonchev–Trinajstić information content (AvgIpc) is 2.48. The first-order chi connectivity index (χ1) is 10.0. The van der Waals surface area contributed by atoms with Gasteiger partial charge in [0.1, 0.15) is 5.75 Å². The molecule has 21 heavy (non-hydrogen) atoms. The molecule has 0 atom stereocenters. The Balaban J connectivity index is 1.79. The van der Waals surface area contributed by atoms with Gasteiger partial charge in [-0.25, -0.2) is 8.78 Å². The van der Waals surface area contributed by atoms with Gasteiger partial charge in [0.15, 0.2) is 18.2 Å². The highest BCUT2D eigenvalue weighted by atomic mass is 19.2. The van der Waals surface area contributed by atoms with Gasteiger partial charge in [-0.15, -0.1) is 0 Å². The number of halogens is 2. The van der Waals surface area contributed by atoms with Crippen molar-refractivity contribution < 1.29 is 18.3 Å². The van der Waals surface area contributed by atoms with Crippen LogP contribution in [0.2, 0.25) is 0 Å². The number of amides is 1. The lowest BCUT2D eigenvalue weighted by molar-refractivity contribution is -0.123. The third-order valence-electron chi connectivity index (χ3n) is 2.87. The molecule has 2 aromatic rings. The van der Waals surface area contributed by atoms with Crippen LogP contribution in [-0.2, 0) is 11.3 Å². The number of carbonyl (C=O) groups is 1. The molecule has 0 fully saturated rings. The van der Waals surface area contributed by atoms with Crippen LogP contribution in [0.4, 0.5) is 8.78 Å². The first-order valence-electron chi connectivity index (χ1n) is 6.44. The molecule has 2 rings (SSSR count). The van der Waals surface area contributed by atoms with Gasteiger partial charge in [0.25, 0.3) is 5.91 Å². The van der Waals surface area contributed by atoms with Crippen LogP contribution in [-0.4, -0.2) is 12.5 Å². The minimum Gasteiger partial charge on any atom is -0.484 e. The van der Waals surface area contributed by atoms with Crippen LogP contribution in [0.5, 0.6) is 5.75 Å². The third-order valence-corrected chi connectivity index (χ3v) is 2.87. The second-order valence-electron chi connectivity index (χ2n) is 4.63. The molecule has 110 valence electrons. The highest BCUT2D eigenvalue weighted by Crippen LogP contribution is 2.15. The number of aryl methyl sites for hydroxylation is 1. The summed E-state index contributed by atoms with van der Waals surface area (Å²) in [6.45, 7) is 2.12. The molecule has 0 aromatic heterocycles. The van der Waals surface area contributed by atoms with Crippen LogP contribution >= 0.6 is 0 Å². The van der Waals surface area contributed by atoms with Crippen LogP contribution in [0.25, 0.3) is 0 Å². The van der Waals surface area contributed by atoms with E-state index in [0.717, 1.165) is 23.3 Å². The van der Waals surface area contributed by atoms with Crippen molar-refractivity contribution in [2.24, 2.45) is 0 Å². The van der Waals surface area contributed by atoms with Gasteiger partial charge in [0.2, 0.25) is 0 Å². The molecule has 0 aliphatic carbocycles. The maximum atomic E-state index is 13.0. The Labute approximate surface area is 121 Å². The molecule has 0 heterocycles. The average molecular weight is 291 g/mol. The van der Waals surface area contributed by atoms with Gasteiger partial charge in [-0.3, -0.25) is 4.79 Å². The number of ether oxygens (including phenoxy) is 1. The molecule has 0 saturated heterocycles. The van der Waals surface area contributed by atoms with E-state index in [9.17, 15) is 13.6 Å². The highest BCUT2D eigenvalue weighted by molar-refractivity contribution is 5.77. The van der Waals surface area contributed by atoms with E-state index in [1.54, 1.807) is 0 Å². The van der Waals surface area contributed by atoms with Crippen LogP contribution in [0.15, 0.2) is 42.5 Å². The zero-order chi connectivity index (χ0) is 15.2. The molecule has 0 spiro atoms. The number of hydrogen-bond acceptors (Lipinski definition) is 2. The molecule has 3 nitrogen and oxygen atoms in total. The van der Waals surface area contributed by atoms with Crippen LogP contribution in [0.3, 0.4) is 0 Å². The lowest BCUT2D eigenvalue weighted by atomic mass is 10.1. The van der Waals surface area contributed by atoms with E-state index in [1.165, 1.54) is 6.07 Å². The summed E-state index contributed by atoms with van der Waals surface area (Å²) in [5, 5.41) is 2.68. The third kappa shape index (κ3) is 4.56. The topological polar surface area (TPSA) is 38.3 Å². The number of rotatable bonds is 5. The fourth-order valence-electron chi connectivity index (χ4n) is 1.67. The molecule has 5 heteroatoms. The zero-order valence-electron chi connectivity index (χ0n) is 11.5. The zero-order valence-corrected chi connectivity index (χ0v) is 11.5. The van der Waals surface area contributed by atoms with Crippen molar-refractivity contribution in [1.82, 2.24) is 5.32 Å². The minimum absolute atomic E-state index is 0.111. The SMILES string of the molecule is Cc1ccc(CNC(=O)COc2ccc(F)c(F)c2)cc1. The monoisotopic (exact) mass is 291 g/mol. The molecule has 0 bridgehead atoms. The molecule has 2 aromatic carbocycles. The Morgan fingerprint density at radius 1 is 1.10 bits per heavy atom. The van der Waals surface area contributed by atoms with Crippen LogP contribution in [0, 0.1) is 18.6 Å². The highest BCUT2D eigenvalue weighted by Gasteiger charge is 2.06. The first kappa shape index (κ1) is 15.0. The number of nitrogens with one attached hydrogen (secondary N) is 1. The molecule has 1 N–H and O–H groups in total. The van der Waals surface area contributed by atoms with E-state index < -0.39 is 11.6 Å². The summed E-state index contributed by atoms with van der Waals surface area (Å²) in [5.41, 5.74) is 2.12. The maximum Gasteiger partial charge on any atom is 0.258 e. The smallest absolute Gasteiger partial charge is 0.258 e. The van der Waals surface area contributed by atoms with E-state index in [0.29, 0.717) is 6.54 Å². The molecule has 0 saturated carbocycles. The van der Waals surface area contributed by atoms with Crippen LogP contribution < -0.4 is 10.1 Å². The van der Waals surface area contributed by atoms with Crippen molar-refractivity contribution in [3.05, 3.63) is 65.2 Å². The summed E-state index contributed by atoms with van der Waals surface area (Å²) >= 11 is 0. The van der Waals surface area contributed by atoms with Gasteiger partial charge < -0.3 is 10.1 Å². The second-order valence-corrected chi connectivity index (χ2v) is 4.63. The second kappa shape index (κ2) is 6.83. The summed E-state index contributed by atoms with van der Waals surface area (Å²) in [7, 11) is 0. The van der Waals surface area contributed by atoms with E-state index >= 15 is 0 Å². The van der Waals surface area contributed by atoms with E-state index in [-0.39, 0.29) is 18.3 Å². The molecular weight excluding hydrogens is 276 g/mol. The lowest BCUT2D eigenvalue weighted by Crippen LogP contribution is -2.28. The largest absolute Gasteiger partial charge is 0.484 e. The first-order valence-corrected chi connectivity index (χ1v) is 6.44. The normalized spacial score (nSPS) is 10.2. The fourth-order valence-corrected chi connectivity index (χ4v) is 1.67. The van der Waals surface area contributed by atoms with Gasteiger partial charge in [-0.05, 0) is 24.6 Å². The van der Waals surface area contributed by atoms with Crippen molar-refractivity contribution in [2.45, 2.75) is 13.5 Å². The summed E-state index contributed by atoms with van der Waals surface area (Å²) in [6.07, 6.45) is 0. The van der Waals surface area contributed by atoms with Crippen molar-refractivity contribution in [3.8, 4) is 5.75 Å². The maximum absolute atomic E-state index is 13.0. The fraction of sp³-hybridized carbons (Fsp3) is 0.188. The number of carbonyl (C=O) groups excluding carboxylic acids is 1. The Bertz CT molecular complexity index is 627. The van der Waals surface area contributed by atoms with Gasteiger partial charge in [-0.1, -0.05) is 29.8 Å². The Morgan fingerprint density at radius 3 is 2.48 bits per heavy atom. The molecule has 1 amide bonds. The Kier molecular flexibility index (Phi) is 4.87. The van der Waals surface area contributed by atoms with Gasteiger partial charge >= 0.3 is 0 Å². The van der Waals surface area contributed by atoms with Crippen molar-refractivity contribution in [3.63, 3.8) is 0 Å². The Morgan fingerprint density at radius 2 is 1.81 bits per heavy atom. The van der Waals surface area contributed by atoms with E-state index in [4.69, 9.17) is 4.74 Å². The predicted molar refractivity (Wildman–Crippen MR) is 74.9 cm³/mol. The molecule has 0 unspecified atom stereocenters. The van der Waals surface area contributed by atoms with E-state index in [1.807, 2.05) is 31.2 Å². The summed E-state index contributed by atoms with van der Waals surface area (Å²) in [4.78, 5) is 11.6. The standard InChI is InChI=1S/C16H15F2NO2/c1-11-2-4-12(5-3-11)9-19-16(20)10-21-13-6-7-14(17)15(18)8-13/h2-8H,9-10H2,1H3,(H,19,20). The summed E-state index contributed by atoms with van der Waals surface area (Å²) < 4.78 is 30.8. The lowest BCUT2D eigenvalue weighted by Gasteiger charge is -2.08. The van der Waals surface area contributed by atoms with Crippen molar-refractivity contribution in [2.75, 3.05) is 6.61 Å².